The third-order valence-corrected chi connectivity index (χ3v) is 5.00. The van der Waals surface area contributed by atoms with Crippen LogP contribution in [0.15, 0.2) is 0 Å². The van der Waals surface area contributed by atoms with Gasteiger partial charge in [-0.3, -0.25) is 0 Å². The summed E-state index contributed by atoms with van der Waals surface area (Å²) in [6, 6.07) is 0. The van der Waals surface area contributed by atoms with Crippen LogP contribution in [0.5, 0.6) is 0 Å². The van der Waals surface area contributed by atoms with Crippen molar-refractivity contribution in [2.45, 2.75) is 90.4 Å². The van der Waals surface area contributed by atoms with Crippen LogP contribution in [0.2, 0.25) is 0 Å². The molecule has 1 fully saturated rings. The molecule has 0 unspecified atom stereocenters. The molecular formula is C19H39NO. The molecule has 0 aromatic rings. The highest BCUT2D eigenvalue weighted by atomic mass is 16.5. The molecular weight excluding hydrogens is 258 g/mol. The van der Waals surface area contributed by atoms with Gasteiger partial charge in [-0.1, -0.05) is 71.1 Å². The van der Waals surface area contributed by atoms with Gasteiger partial charge in [0.25, 0.3) is 0 Å². The van der Waals surface area contributed by atoms with Crippen molar-refractivity contribution in [3.63, 3.8) is 0 Å². The number of unbranched alkanes of at least 4 members (excludes halogenated alkanes) is 9. The highest BCUT2D eigenvalue weighted by Crippen LogP contribution is 2.49. The van der Waals surface area contributed by atoms with Crippen LogP contribution < -0.4 is 5.32 Å². The summed E-state index contributed by atoms with van der Waals surface area (Å²) in [4.78, 5) is 0. The summed E-state index contributed by atoms with van der Waals surface area (Å²) in [5.41, 5.74) is 0.674. The Labute approximate surface area is 133 Å². The van der Waals surface area contributed by atoms with E-state index < -0.39 is 0 Å². The predicted molar refractivity (Wildman–Crippen MR) is 92.9 cm³/mol. The lowest BCUT2D eigenvalue weighted by atomic mass is 9.97. The minimum atomic E-state index is 0.674. The van der Waals surface area contributed by atoms with E-state index in [4.69, 9.17) is 4.74 Å². The van der Waals surface area contributed by atoms with Gasteiger partial charge in [-0.05, 0) is 24.7 Å². The first-order chi connectivity index (χ1) is 10.3. The maximum absolute atomic E-state index is 5.08. The molecule has 0 saturated heterocycles. The maximum atomic E-state index is 5.08. The van der Waals surface area contributed by atoms with E-state index in [9.17, 15) is 0 Å². The summed E-state index contributed by atoms with van der Waals surface area (Å²) in [5.74, 6) is 0. The van der Waals surface area contributed by atoms with Crippen LogP contribution in [0.3, 0.4) is 0 Å². The lowest BCUT2D eigenvalue weighted by molar-refractivity contribution is 0.196. The molecule has 126 valence electrons. The molecule has 0 amide bonds. The Morgan fingerprint density at radius 3 is 1.95 bits per heavy atom. The van der Waals surface area contributed by atoms with Crippen molar-refractivity contribution in [2.24, 2.45) is 5.41 Å². The Hall–Kier alpha value is -0.0800. The van der Waals surface area contributed by atoms with Crippen LogP contribution in [-0.4, -0.2) is 26.8 Å². The molecule has 0 aromatic heterocycles. The van der Waals surface area contributed by atoms with Crippen LogP contribution in [0.4, 0.5) is 0 Å². The quantitative estimate of drug-likeness (QED) is 0.390. The molecule has 1 aliphatic rings. The second-order valence-electron chi connectivity index (χ2n) is 7.10. The zero-order valence-electron chi connectivity index (χ0n) is 14.7. The lowest BCUT2D eigenvalue weighted by Crippen LogP contribution is -2.27. The molecule has 0 bridgehead atoms. The van der Waals surface area contributed by atoms with E-state index in [0.29, 0.717) is 5.41 Å². The summed E-state index contributed by atoms with van der Waals surface area (Å²) >= 11 is 0. The van der Waals surface area contributed by atoms with Gasteiger partial charge in [-0.25, -0.2) is 0 Å². The standard InChI is InChI=1S/C19H39NO/c1-3-4-5-6-7-8-9-10-11-12-13-19(14-15-19)18-20-16-17-21-2/h20H,3-18H2,1-2H3. The minimum Gasteiger partial charge on any atom is -0.383 e. The van der Waals surface area contributed by atoms with Gasteiger partial charge in [0.15, 0.2) is 0 Å². The van der Waals surface area contributed by atoms with Crippen molar-refractivity contribution in [2.75, 3.05) is 26.8 Å². The number of hydrogen-bond donors (Lipinski definition) is 1. The first-order valence-corrected chi connectivity index (χ1v) is 9.53. The fourth-order valence-corrected chi connectivity index (χ4v) is 3.21. The minimum absolute atomic E-state index is 0.674. The molecule has 21 heavy (non-hydrogen) atoms. The fourth-order valence-electron chi connectivity index (χ4n) is 3.21. The summed E-state index contributed by atoms with van der Waals surface area (Å²) in [7, 11) is 1.78. The van der Waals surface area contributed by atoms with E-state index in [1.165, 1.54) is 90.0 Å². The highest BCUT2D eigenvalue weighted by Gasteiger charge is 2.40. The molecule has 0 radical (unpaired) electrons. The SMILES string of the molecule is CCCCCCCCCCCCC1(CNCCOC)CC1. The van der Waals surface area contributed by atoms with Crippen molar-refractivity contribution in [3.8, 4) is 0 Å². The molecule has 0 atom stereocenters. The van der Waals surface area contributed by atoms with Gasteiger partial charge in [0.1, 0.15) is 0 Å². The van der Waals surface area contributed by atoms with Crippen LogP contribution in [0.1, 0.15) is 90.4 Å². The Morgan fingerprint density at radius 2 is 1.43 bits per heavy atom. The highest BCUT2D eigenvalue weighted by molar-refractivity contribution is 4.94. The molecule has 1 aliphatic carbocycles. The van der Waals surface area contributed by atoms with Gasteiger partial charge in [-0.15, -0.1) is 0 Å². The van der Waals surface area contributed by atoms with Crippen molar-refractivity contribution in [3.05, 3.63) is 0 Å². The Kier molecular flexibility index (Phi) is 11.3. The van der Waals surface area contributed by atoms with E-state index in [0.717, 1.165) is 13.2 Å². The van der Waals surface area contributed by atoms with E-state index in [-0.39, 0.29) is 0 Å². The third kappa shape index (κ3) is 10.3. The van der Waals surface area contributed by atoms with Crippen LogP contribution >= 0.6 is 0 Å². The predicted octanol–water partition coefficient (Wildman–Crippen LogP) is 5.31. The first-order valence-electron chi connectivity index (χ1n) is 9.53. The van der Waals surface area contributed by atoms with Gasteiger partial charge in [0, 0.05) is 20.2 Å². The molecule has 0 aromatic carbocycles. The van der Waals surface area contributed by atoms with Gasteiger partial charge < -0.3 is 10.1 Å². The van der Waals surface area contributed by atoms with Crippen molar-refractivity contribution >= 4 is 0 Å². The van der Waals surface area contributed by atoms with Crippen LogP contribution in [0.25, 0.3) is 0 Å². The number of methoxy groups -OCH3 is 1. The number of nitrogens with one attached hydrogen (secondary N) is 1. The van der Waals surface area contributed by atoms with E-state index in [2.05, 4.69) is 12.2 Å². The lowest BCUT2D eigenvalue weighted by Gasteiger charge is -2.15. The topological polar surface area (TPSA) is 21.3 Å². The molecule has 1 saturated carbocycles. The first kappa shape index (κ1) is 19.0. The van der Waals surface area contributed by atoms with Crippen molar-refractivity contribution in [1.29, 1.82) is 0 Å². The van der Waals surface area contributed by atoms with Crippen LogP contribution in [-0.2, 0) is 4.74 Å². The van der Waals surface area contributed by atoms with Gasteiger partial charge in [-0.2, -0.15) is 0 Å². The average Bonchev–Trinajstić information content (AvgIpc) is 3.26. The zero-order chi connectivity index (χ0) is 15.2. The van der Waals surface area contributed by atoms with Crippen LogP contribution in [0, 0.1) is 5.41 Å². The van der Waals surface area contributed by atoms with Gasteiger partial charge in [0.2, 0.25) is 0 Å². The Morgan fingerprint density at radius 1 is 0.857 bits per heavy atom. The number of rotatable bonds is 16. The second-order valence-corrected chi connectivity index (χ2v) is 7.10. The molecule has 0 spiro atoms. The van der Waals surface area contributed by atoms with Crippen molar-refractivity contribution in [1.82, 2.24) is 5.32 Å². The molecule has 0 aliphatic heterocycles. The van der Waals surface area contributed by atoms with E-state index >= 15 is 0 Å². The molecule has 2 heteroatoms. The summed E-state index contributed by atoms with van der Waals surface area (Å²) in [6.45, 7) is 5.36. The van der Waals surface area contributed by atoms with Gasteiger partial charge >= 0.3 is 0 Å². The molecule has 1 rings (SSSR count). The smallest absolute Gasteiger partial charge is 0.0587 e. The summed E-state index contributed by atoms with van der Waals surface area (Å²) in [6.07, 6.45) is 18.8. The van der Waals surface area contributed by atoms with E-state index in [1.807, 2.05) is 0 Å². The number of hydrogen-bond acceptors (Lipinski definition) is 2. The van der Waals surface area contributed by atoms with Gasteiger partial charge in [0.05, 0.1) is 6.61 Å². The molecule has 0 heterocycles. The summed E-state index contributed by atoms with van der Waals surface area (Å²) in [5, 5.41) is 3.55. The second kappa shape index (κ2) is 12.5. The Bertz CT molecular complexity index is 226. The fraction of sp³-hybridized carbons (Fsp3) is 1.00. The largest absolute Gasteiger partial charge is 0.383 e. The number of ether oxygens (including phenoxy) is 1. The molecule has 1 N–H and O–H groups in total. The van der Waals surface area contributed by atoms with Crippen molar-refractivity contribution < 1.29 is 4.74 Å². The molecule has 2 nitrogen and oxygen atoms in total. The Balaban J connectivity index is 1.81. The maximum Gasteiger partial charge on any atom is 0.0587 e. The average molecular weight is 298 g/mol. The zero-order valence-corrected chi connectivity index (χ0v) is 14.7. The monoisotopic (exact) mass is 297 g/mol. The van der Waals surface area contributed by atoms with E-state index in [1.54, 1.807) is 7.11 Å². The third-order valence-electron chi connectivity index (χ3n) is 5.00. The normalized spacial score (nSPS) is 16.3. The summed E-state index contributed by atoms with van der Waals surface area (Å²) < 4.78 is 5.08.